The number of benzene rings is 2. The van der Waals surface area contributed by atoms with Crippen molar-refractivity contribution < 1.29 is 29.1 Å². The summed E-state index contributed by atoms with van der Waals surface area (Å²) in [6.45, 7) is 0.805. The molecule has 1 heterocycles. The van der Waals surface area contributed by atoms with Crippen molar-refractivity contribution in [1.29, 1.82) is 0 Å². The maximum atomic E-state index is 11.6. The number of fused-ring (bicyclic) bond motifs is 1. The Hall–Kier alpha value is -2.51. The molecule has 1 atom stereocenters. The number of hydrogen-bond acceptors (Lipinski definition) is 5. The summed E-state index contributed by atoms with van der Waals surface area (Å²) in [5.41, 5.74) is 1.68. The number of ether oxygens (including phenoxy) is 2. The molecule has 0 amide bonds. The fraction of sp³-hybridized carbons (Fsp3) is 0.278. The summed E-state index contributed by atoms with van der Waals surface area (Å²) in [4.78, 5) is 11.6. The Bertz CT molecular complexity index is 749. The average molecular weight is 342 g/mol. The van der Waals surface area contributed by atoms with Gasteiger partial charge in [-0.15, -0.1) is 0 Å². The molecule has 25 heavy (non-hydrogen) atoms. The Morgan fingerprint density at radius 3 is 2.72 bits per heavy atom. The smallest absolute Gasteiger partial charge is 0.523 e. The zero-order valence-electron chi connectivity index (χ0n) is 13.8. The first-order valence-corrected chi connectivity index (χ1v) is 8.00. The van der Waals surface area contributed by atoms with Crippen molar-refractivity contribution in [2.24, 2.45) is 0 Å². The van der Waals surface area contributed by atoms with Gasteiger partial charge >= 0.3 is 13.1 Å². The molecule has 3 rings (SSSR count). The topological polar surface area (TPSA) is 85.2 Å². The van der Waals surface area contributed by atoms with E-state index in [-0.39, 0.29) is 23.0 Å². The van der Waals surface area contributed by atoms with Crippen LogP contribution in [0.25, 0.3) is 0 Å². The van der Waals surface area contributed by atoms with E-state index in [2.05, 4.69) is 0 Å². The zero-order valence-corrected chi connectivity index (χ0v) is 13.8. The lowest BCUT2D eigenvalue weighted by molar-refractivity contribution is 0.0689. The van der Waals surface area contributed by atoms with Crippen LogP contribution in [0.3, 0.4) is 0 Å². The van der Waals surface area contributed by atoms with Gasteiger partial charge in [0.15, 0.2) is 0 Å². The van der Waals surface area contributed by atoms with Gasteiger partial charge in [0.1, 0.15) is 17.1 Å². The van der Waals surface area contributed by atoms with Crippen molar-refractivity contribution in [2.45, 2.75) is 18.8 Å². The molecule has 0 saturated carbocycles. The first kappa shape index (κ1) is 17.3. The minimum atomic E-state index is -1.16. The van der Waals surface area contributed by atoms with Crippen LogP contribution >= 0.6 is 0 Å². The van der Waals surface area contributed by atoms with Crippen LogP contribution in [0.1, 0.15) is 27.4 Å². The Labute approximate surface area is 146 Å². The van der Waals surface area contributed by atoms with Crippen LogP contribution in [0.15, 0.2) is 42.5 Å². The van der Waals surface area contributed by atoms with Crippen molar-refractivity contribution in [1.82, 2.24) is 0 Å². The number of aromatic carboxylic acids is 1. The molecule has 6 nitrogen and oxygen atoms in total. The Balaban J connectivity index is 1.81. The number of rotatable bonds is 6. The fourth-order valence-corrected chi connectivity index (χ4v) is 3.01. The van der Waals surface area contributed by atoms with Crippen LogP contribution < -0.4 is 9.39 Å². The van der Waals surface area contributed by atoms with Crippen LogP contribution in [0.4, 0.5) is 0 Å². The van der Waals surface area contributed by atoms with Crippen molar-refractivity contribution in [3.05, 3.63) is 59.2 Å². The minimum Gasteiger partial charge on any atom is -0.535 e. The van der Waals surface area contributed by atoms with Gasteiger partial charge in [-0.2, -0.15) is 0 Å². The van der Waals surface area contributed by atoms with Gasteiger partial charge in [0.05, 0.1) is 20.3 Å². The van der Waals surface area contributed by atoms with E-state index in [9.17, 15) is 14.9 Å². The van der Waals surface area contributed by atoms with Crippen molar-refractivity contribution >= 4 is 13.1 Å². The standard InChI is InChI=1S/C18H19BO6/c1-23-15-8-7-14-13(11-24-10-12-5-3-2-4-6-12)9-19(22)25-17(14)16(15)18(20)21/h2-8,13,22H,9-11H2,1H3,(H,20,21). The molecule has 0 aromatic heterocycles. The predicted octanol–water partition coefficient (Wildman–Crippen LogP) is 2.57. The number of carbonyl (C=O) groups is 1. The second-order valence-electron chi connectivity index (χ2n) is 5.87. The fourth-order valence-electron chi connectivity index (χ4n) is 3.01. The van der Waals surface area contributed by atoms with E-state index in [0.29, 0.717) is 25.1 Å². The highest BCUT2D eigenvalue weighted by Crippen LogP contribution is 2.41. The van der Waals surface area contributed by atoms with Crippen LogP contribution in [-0.4, -0.2) is 36.9 Å². The molecule has 0 fully saturated rings. The molecule has 0 radical (unpaired) electrons. The van der Waals surface area contributed by atoms with E-state index in [1.807, 2.05) is 30.3 Å². The highest BCUT2D eigenvalue weighted by molar-refractivity contribution is 6.44. The SMILES string of the molecule is COc1ccc2c(c1C(=O)O)OB(O)CC2COCc1ccccc1. The first-order chi connectivity index (χ1) is 12.1. The van der Waals surface area contributed by atoms with E-state index in [0.717, 1.165) is 5.56 Å². The molecule has 0 spiro atoms. The van der Waals surface area contributed by atoms with Crippen LogP contribution in [0.5, 0.6) is 11.5 Å². The van der Waals surface area contributed by atoms with E-state index in [1.54, 1.807) is 12.1 Å². The maximum absolute atomic E-state index is 11.6. The van der Waals surface area contributed by atoms with Crippen LogP contribution in [-0.2, 0) is 11.3 Å². The summed E-state index contributed by atoms with van der Waals surface area (Å²) >= 11 is 0. The number of carboxylic acids is 1. The summed E-state index contributed by atoms with van der Waals surface area (Å²) in [5.74, 6) is -0.971. The van der Waals surface area contributed by atoms with Gasteiger partial charge in [-0.05, 0) is 17.2 Å². The number of methoxy groups -OCH3 is 1. The van der Waals surface area contributed by atoms with E-state index in [1.165, 1.54) is 7.11 Å². The van der Waals surface area contributed by atoms with Crippen LogP contribution in [0, 0.1) is 0 Å². The first-order valence-electron chi connectivity index (χ1n) is 8.00. The van der Waals surface area contributed by atoms with E-state index >= 15 is 0 Å². The molecular weight excluding hydrogens is 323 g/mol. The molecule has 0 aliphatic carbocycles. The maximum Gasteiger partial charge on any atom is 0.523 e. The summed E-state index contributed by atoms with van der Waals surface area (Å²) in [5, 5.41) is 19.5. The Morgan fingerprint density at radius 1 is 1.28 bits per heavy atom. The quantitative estimate of drug-likeness (QED) is 0.785. The monoisotopic (exact) mass is 342 g/mol. The molecular formula is C18H19BO6. The molecule has 1 aliphatic rings. The molecule has 130 valence electrons. The second kappa shape index (κ2) is 7.59. The molecule has 2 aromatic carbocycles. The van der Waals surface area contributed by atoms with E-state index in [4.69, 9.17) is 14.1 Å². The molecule has 7 heteroatoms. The van der Waals surface area contributed by atoms with Crippen molar-refractivity contribution in [3.8, 4) is 11.5 Å². The normalized spacial score (nSPS) is 16.1. The molecule has 0 saturated heterocycles. The lowest BCUT2D eigenvalue weighted by Gasteiger charge is -2.29. The highest BCUT2D eigenvalue weighted by Gasteiger charge is 2.36. The summed E-state index contributed by atoms with van der Waals surface area (Å²) < 4.78 is 16.3. The predicted molar refractivity (Wildman–Crippen MR) is 92.2 cm³/mol. The highest BCUT2D eigenvalue weighted by atomic mass is 16.5. The number of carboxylic acid groups (broad SMARTS) is 1. The Morgan fingerprint density at radius 2 is 2.04 bits per heavy atom. The molecule has 0 bridgehead atoms. The summed E-state index contributed by atoms with van der Waals surface area (Å²) in [6.07, 6.45) is 0.340. The van der Waals surface area contributed by atoms with Gasteiger partial charge in [0.2, 0.25) is 0 Å². The molecule has 2 aromatic rings. The zero-order chi connectivity index (χ0) is 17.8. The second-order valence-corrected chi connectivity index (χ2v) is 5.87. The minimum absolute atomic E-state index is 0.0770. The van der Waals surface area contributed by atoms with Gasteiger partial charge in [-0.25, -0.2) is 4.79 Å². The molecule has 1 aliphatic heterocycles. The van der Waals surface area contributed by atoms with E-state index < -0.39 is 13.1 Å². The van der Waals surface area contributed by atoms with Crippen molar-refractivity contribution in [3.63, 3.8) is 0 Å². The summed E-state index contributed by atoms with van der Waals surface area (Å²) in [6, 6.07) is 13.1. The Kier molecular flexibility index (Phi) is 5.26. The summed E-state index contributed by atoms with van der Waals surface area (Å²) in [7, 11) is 0.316. The van der Waals surface area contributed by atoms with Gasteiger partial charge in [0, 0.05) is 12.2 Å². The van der Waals surface area contributed by atoms with Gasteiger partial charge in [-0.3, -0.25) is 0 Å². The lowest BCUT2D eigenvalue weighted by atomic mass is 9.72. The van der Waals surface area contributed by atoms with Gasteiger partial charge in [-0.1, -0.05) is 36.4 Å². The third-order valence-corrected chi connectivity index (χ3v) is 4.19. The third-order valence-electron chi connectivity index (χ3n) is 4.19. The number of hydrogen-bond donors (Lipinski definition) is 2. The van der Waals surface area contributed by atoms with Crippen molar-refractivity contribution in [2.75, 3.05) is 13.7 Å². The largest absolute Gasteiger partial charge is 0.535 e. The lowest BCUT2D eigenvalue weighted by Crippen LogP contribution is -2.32. The average Bonchev–Trinajstić information content (AvgIpc) is 2.61. The van der Waals surface area contributed by atoms with Gasteiger partial charge < -0.3 is 24.3 Å². The molecule has 1 unspecified atom stereocenters. The molecule has 2 N–H and O–H groups in total. The van der Waals surface area contributed by atoms with Crippen LogP contribution in [0.2, 0.25) is 6.32 Å². The van der Waals surface area contributed by atoms with Gasteiger partial charge in [0.25, 0.3) is 0 Å². The third kappa shape index (κ3) is 3.78.